The minimum absolute atomic E-state index is 0.199. The van der Waals surface area contributed by atoms with Crippen LogP contribution in [0.3, 0.4) is 0 Å². The van der Waals surface area contributed by atoms with E-state index in [0.717, 1.165) is 15.2 Å². The summed E-state index contributed by atoms with van der Waals surface area (Å²) in [5.41, 5.74) is 0.993. The Labute approximate surface area is 95.1 Å². The molecule has 1 aromatic carbocycles. The highest BCUT2D eigenvalue weighted by Crippen LogP contribution is 2.28. The number of hydrogen-bond acceptors (Lipinski definition) is 4. The molecular weight excluding hydrogens is 228 g/mol. The summed E-state index contributed by atoms with van der Waals surface area (Å²) >= 11 is 6.49. The van der Waals surface area contributed by atoms with Gasteiger partial charge in [-0.2, -0.15) is 5.11 Å². The Morgan fingerprint density at radius 1 is 1.33 bits per heavy atom. The van der Waals surface area contributed by atoms with E-state index in [1.54, 1.807) is 11.3 Å². The van der Waals surface area contributed by atoms with Crippen molar-refractivity contribution >= 4 is 38.9 Å². The number of aromatic nitrogens is 1. The standard InChI is InChI=1S/C9H6N4S2/c14-9-11-7(12-13-9)8-10-5-3-1-2-4-6(5)15-8/h1-4,7H,(H,11,14). The lowest BCUT2D eigenvalue weighted by Gasteiger charge is -2.00. The second-order valence-electron chi connectivity index (χ2n) is 3.09. The zero-order chi connectivity index (χ0) is 10.3. The number of rotatable bonds is 1. The van der Waals surface area contributed by atoms with Crippen molar-refractivity contribution < 1.29 is 0 Å². The zero-order valence-electron chi connectivity index (χ0n) is 7.54. The largest absolute Gasteiger partial charge is 0.331 e. The fourth-order valence-electron chi connectivity index (χ4n) is 1.40. The van der Waals surface area contributed by atoms with Crippen molar-refractivity contribution in [1.29, 1.82) is 0 Å². The Morgan fingerprint density at radius 3 is 2.93 bits per heavy atom. The summed E-state index contributed by atoms with van der Waals surface area (Å²) in [6.07, 6.45) is -0.199. The predicted octanol–water partition coefficient (Wildman–Crippen LogP) is 2.64. The Bertz CT molecular complexity index is 527. The van der Waals surface area contributed by atoms with E-state index in [1.165, 1.54) is 0 Å². The van der Waals surface area contributed by atoms with Gasteiger partial charge in [-0.25, -0.2) is 4.98 Å². The highest BCUT2D eigenvalue weighted by molar-refractivity contribution is 7.80. The molecule has 0 fully saturated rings. The molecule has 1 aliphatic heterocycles. The lowest BCUT2D eigenvalue weighted by molar-refractivity contribution is 0.699. The number of thiocarbonyl (C=S) groups is 1. The molecule has 0 aliphatic carbocycles. The van der Waals surface area contributed by atoms with Crippen molar-refractivity contribution in [2.24, 2.45) is 10.2 Å². The summed E-state index contributed by atoms with van der Waals surface area (Å²) in [6, 6.07) is 8.00. The van der Waals surface area contributed by atoms with Gasteiger partial charge >= 0.3 is 0 Å². The minimum Gasteiger partial charge on any atom is -0.331 e. The van der Waals surface area contributed by atoms with Crippen molar-refractivity contribution in [2.45, 2.75) is 6.17 Å². The fourth-order valence-corrected chi connectivity index (χ4v) is 2.51. The fraction of sp³-hybridized carbons (Fsp3) is 0.111. The van der Waals surface area contributed by atoms with Crippen LogP contribution in [0.4, 0.5) is 0 Å². The van der Waals surface area contributed by atoms with E-state index in [-0.39, 0.29) is 6.17 Å². The van der Waals surface area contributed by atoms with Gasteiger partial charge < -0.3 is 5.32 Å². The van der Waals surface area contributed by atoms with Crippen LogP contribution in [0.5, 0.6) is 0 Å². The Balaban J connectivity index is 2.05. The van der Waals surface area contributed by atoms with Gasteiger partial charge in [-0.1, -0.05) is 12.1 Å². The molecule has 0 saturated heterocycles. The number of para-hydroxylation sites is 1. The number of azo groups is 1. The van der Waals surface area contributed by atoms with Gasteiger partial charge in [0.05, 0.1) is 10.2 Å². The van der Waals surface area contributed by atoms with E-state index >= 15 is 0 Å². The highest BCUT2D eigenvalue weighted by Gasteiger charge is 2.20. The topological polar surface area (TPSA) is 49.6 Å². The van der Waals surface area contributed by atoms with Gasteiger partial charge in [-0.05, 0) is 24.4 Å². The maximum atomic E-state index is 4.88. The van der Waals surface area contributed by atoms with E-state index < -0.39 is 0 Å². The lowest BCUT2D eigenvalue weighted by Crippen LogP contribution is -2.17. The minimum atomic E-state index is -0.199. The average molecular weight is 234 g/mol. The van der Waals surface area contributed by atoms with Crippen LogP contribution in [-0.4, -0.2) is 10.1 Å². The molecule has 0 saturated carbocycles. The molecule has 3 rings (SSSR count). The number of benzene rings is 1. The summed E-state index contributed by atoms with van der Waals surface area (Å²) in [4.78, 5) is 4.47. The molecule has 0 spiro atoms. The van der Waals surface area contributed by atoms with Crippen molar-refractivity contribution in [3.63, 3.8) is 0 Å². The van der Waals surface area contributed by atoms with Crippen molar-refractivity contribution in [1.82, 2.24) is 10.3 Å². The van der Waals surface area contributed by atoms with Crippen molar-refractivity contribution in [3.8, 4) is 0 Å². The third-order valence-electron chi connectivity index (χ3n) is 2.07. The number of nitrogens with one attached hydrogen (secondary N) is 1. The first-order valence-corrected chi connectivity index (χ1v) is 5.62. The summed E-state index contributed by atoms with van der Waals surface area (Å²) in [6.45, 7) is 0. The molecule has 2 heterocycles. The van der Waals surface area contributed by atoms with Crippen LogP contribution in [0.25, 0.3) is 10.2 Å². The van der Waals surface area contributed by atoms with Gasteiger partial charge in [0, 0.05) is 0 Å². The number of hydrogen-bond donors (Lipinski definition) is 1. The molecule has 2 aromatic rings. The van der Waals surface area contributed by atoms with Crippen molar-refractivity contribution in [2.75, 3.05) is 0 Å². The van der Waals surface area contributed by atoms with Gasteiger partial charge in [0.15, 0.2) is 6.17 Å². The molecule has 1 atom stereocenters. The van der Waals surface area contributed by atoms with Gasteiger partial charge in [-0.3, -0.25) is 0 Å². The summed E-state index contributed by atoms with van der Waals surface area (Å²) in [7, 11) is 0. The lowest BCUT2D eigenvalue weighted by atomic mass is 10.3. The predicted molar refractivity (Wildman–Crippen MR) is 63.0 cm³/mol. The van der Waals surface area contributed by atoms with Crippen molar-refractivity contribution in [3.05, 3.63) is 29.3 Å². The maximum absolute atomic E-state index is 4.88. The molecule has 6 heteroatoms. The Kier molecular flexibility index (Phi) is 1.96. The summed E-state index contributed by atoms with van der Waals surface area (Å²) < 4.78 is 1.15. The summed E-state index contributed by atoms with van der Waals surface area (Å²) in [5, 5.41) is 12.1. The van der Waals surface area contributed by atoms with Gasteiger partial charge in [0.1, 0.15) is 5.01 Å². The molecule has 0 amide bonds. The van der Waals surface area contributed by atoms with Crippen LogP contribution in [0.2, 0.25) is 0 Å². The van der Waals surface area contributed by atoms with E-state index in [1.807, 2.05) is 24.3 Å². The first kappa shape index (κ1) is 8.87. The molecule has 0 radical (unpaired) electrons. The molecule has 0 bridgehead atoms. The van der Waals surface area contributed by atoms with Gasteiger partial charge in [0.2, 0.25) is 5.11 Å². The summed E-state index contributed by atoms with van der Waals surface area (Å²) in [5.74, 6) is 0. The van der Waals surface area contributed by atoms with E-state index in [2.05, 4.69) is 20.5 Å². The van der Waals surface area contributed by atoms with Crippen LogP contribution >= 0.6 is 23.6 Å². The molecule has 15 heavy (non-hydrogen) atoms. The molecule has 1 aromatic heterocycles. The normalized spacial score (nSPS) is 19.7. The van der Waals surface area contributed by atoms with Gasteiger partial charge in [0.25, 0.3) is 0 Å². The first-order chi connectivity index (χ1) is 7.33. The van der Waals surface area contributed by atoms with E-state index in [4.69, 9.17) is 12.2 Å². The highest BCUT2D eigenvalue weighted by atomic mass is 32.1. The average Bonchev–Trinajstić information content (AvgIpc) is 2.82. The zero-order valence-corrected chi connectivity index (χ0v) is 9.18. The second kappa shape index (κ2) is 3.32. The number of nitrogens with zero attached hydrogens (tertiary/aromatic N) is 3. The molecule has 1 unspecified atom stereocenters. The Morgan fingerprint density at radius 2 is 2.20 bits per heavy atom. The third-order valence-corrected chi connectivity index (χ3v) is 3.36. The molecule has 1 aliphatic rings. The maximum Gasteiger partial charge on any atom is 0.215 e. The van der Waals surface area contributed by atoms with Crippen LogP contribution in [0.15, 0.2) is 34.5 Å². The quantitative estimate of drug-likeness (QED) is 0.772. The van der Waals surface area contributed by atoms with E-state index in [0.29, 0.717) is 5.11 Å². The SMILES string of the molecule is S=C1N=NC(c2nc3ccccc3s2)N1. The molecule has 4 nitrogen and oxygen atoms in total. The Hall–Kier alpha value is -1.40. The van der Waals surface area contributed by atoms with E-state index in [9.17, 15) is 0 Å². The smallest absolute Gasteiger partial charge is 0.215 e. The number of fused-ring (bicyclic) bond motifs is 1. The molecule has 1 N–H and O–H groups in total. The molecular formula is C9H6N4S2. The first-order valence-electron chi connectivity index (χ1n) is 4.40. The number of thiazole rings is 1. The van der Waals surface area contributed by atoms with Gasteiger partial charge in [-0.15, -0.1) is 16.5 Å². The van der Waals surface area contributed by atoms with Crippen LogP contribution in [0.1, 0.15) is 11.2 Å². The van der Waals surface area contributed by atoms with Crippen LogP contribution in [0, 0.1) is 0 Å². The van der Waals surface area contributed by atoms with Crippen LogP contribution < -0.4 is 5.32 Å². The third kappa shape index (κ3) is 1.51. The second-order valence-corrected chi connectivity index (χ2v) is 4.54. The molecule has 74 valence electrons. The van der Waals surface area contributed by atoms with Crippen LogP contribution in [-0.2, 0) is 0 Å². The monoisotopic (exact) mass is 234 g/mol.